The van der Waals surface area contributed by atoms with E-state index in [0.717, 1.165) is 12.8 Å². The Bertz CT molecular complexity index is 1590. The minimum Gasteiger partial charge on any atom is -0.460 e. The molecule has 3 aliphatic rings. The fourth-order valence-corrected chi connectivity index (χ4v) is 7.12. The number of aromatic nitrogens is 1. The molecule has 13 heteroatoms. The molecule has 3 N–H and O–H groups in total. The van der Waals surface area contributed by atoms with Crippen molar-refractivity contribution in [3.8, 4) is 0 Å². The highest BCUT2D eigenvalue weighted by atomic mass is 32.2. The molecule has 1 atom stereocenters. The van der Waals surface area contributed by atoms with Crippen molar-refractivity contribution in [2.75, 3.05) is 47.9 Å². The van der Waals surface area contributed by atoms with Crippen molar-refractivity contribution < 1.29 is 31.5 Å². The van der Waals surface area contributed by atoms with E-state index >= 15 is 0 Å². The maximum atomic E-state index is 13.8. The lowest BCUT2D eigenvalue weighted by molar-refractivity contribution is -0.0221. The van der Waals surface area contributed by atoms with Gasteiger partial charge in [0.1, 0.15) is 5.82 Å². The minimum absolute atomic E-state index is 0.00295. The third-order valence-corrected chi connectivity index (χ3v) is 10.3. The molecular weight excluding hydrogens is 568 g/mol. The number of fused-ring (bicyclic) bond motifs is 1. The molecule has 3 aromatic rings. The predicted octanol–water partition coefficient (Wildman–Crippen LogP) is 4.36. The van der Waals surface area contributed by atoms with Crippen LogP contribution in [0, 0.1) is 5.41 Å². The van der Waals surface area contributed by atoms with Gasteiger partial charge in [-0.05, 0) is 68.4 Å². The number of nitrogens with zero attached hydrogens (tertiary/aromatic N) is 3. The highest BCUT2D eigenvalue weighted by Crippen LogP contribution is 2.54. The smallest absolute Gasteiger partial charge is 0.258 e. The van der Waals surface area contributed by atoms with E-state index in [1.165, 1.54) is 37.3 Å². The first-order valence-electron chi connectivity index (χ1n) is 14.3. The van der Waals surface area contributed by atoms with Crippen LogP contribution in [0.5, 0.6) is 0 Å². The highest BCUT2D eigenvalue weighted by Gasteiger charge is 2.45. The van der Waals surface area contributed by atoms with Crippen molar-refractivity contribution in [3.63, 3.8) is 0 Å². The molecule has 1 spiro atoms. The molecule has 10 nitrogen and oxygen atoms in total. The molecule has 0 radical (unpaired) electrons. The molecule has 0 bridgehead atoms. The lowest BCUT2D eigenvalue weighted by Crippen LogP contribution is -2.39. The van der Waals surface area contributed by atoms with E-state index < -0.39 is 27.9 Å². The van der Waals surface area contributed by atoms with Crippen LogP contribution in [0.3, 0.4) is 0 Å². The second-order valence-corrected chi connectivity index (χ2v) is 13.6. The van der Waals surface area contributed by atoms with Crippen molar-refractivity contribution in [1.82, 2.24) is 9.71 Å². The van der Waals surface area contributed by atoms with Crippen molar-refractivity contribution in [2.45, 2.75) is 62.3 Å². The van der Waals surface area contributed by atoms with Crippen LogP contribution in [0.2, 0.25) is 0 Å². The van der Waals surface area contributed by atoms with Crippen LogP contribution >= 0.6 is 0 Å². The molecule has 6 rings (SSSR count). The number of furan rings is 1. The Morgan fingerprint density at radius 2 is 1.74 bits per heavy atom. The van der Waals surface area contributed by atoms with Gasteiger partial charge in [0.25, 0.3) is 11.8 Å². The summed E-state index contributed by atoms with van der Waals surface area (Å²) in [7, 11) is -3.94. The van der Waals surface area contributed by atoms with Gasteiger partial charge in [-0.1, -0.05) is 0 Å². The quantitative estimate of drug-likeness (QED) is 0.347. The molecule has 2 saturated heterocycles. The number of amides is 1. The fraction of sp³-hybridized carbons (Fsp3) is 0.517. The van der Waals surface area contributed by atoms with Crippen molar-refractivity contribution >= 4 is 44.2 Å². The summed E-state index contributed by atoms with van der Waals surface area (Å²) in [5.74, 6) is -2.57. The van der Waals surface area contributed by atoms with Gasteiger partial charge in [-0.3, -0.25) is 4.79 Å². The van der Waals surface area contributed by atoms with Crippen LogP contribution in [-0.4, -0.2) is 69.2 Å². The number of aliphatic hydroxyl groups is 1. The van der Waals surface area contributed by atoms with Gasteiger partial charge in [0.15, 0.2) is 11.4 Å². The standard InChI is InChI=1S/C29H35F2N5O5S/c1-19(18-37)34-42(39,40)21-2-3-22(23(17-21)35-11-7-28(5-6-28)8-12-35)27(38)33-24-16-20-4-15-41-25(20)26(32-24)36-13-9-29(30,31)10-14-36/h2-4,15-17,19,34,37H,5-14,18H2,1H3,(H,32,33,38)/t19-/m1/s1. The zero-order chi connectivity index (χ0) is 29.7. The number of rotatable bonds is 8. The fourth-order valence-electron chi connectivity index (χ4n) is 5.87. The van der Waals surface area contributed by atoms with Crippen LogP contribution in [0.1, 0.15) is 55.8 Å². The summed E-state index contributed by atoms with van der Waals surface area (Å²) in [6, 6.07) is 7.10. The molecule has 2 aliphatic heterocycles. The Labute approximate surface area is 243 Å². The first-order valence-corrected chi connectivity index (χ1v) is 15.8. The summed E-state index contributed by atoms with van der Waals surface area (Å²) >= 11 is 0. The molecule has 1 amide bonds. The third-order valence-electron chi connectivity index (χ3n) is 8.73. The van der Waals surface area contributed by atoms with Crippen molar-refractivity contribution in [1.29, 1.82) is 0 Å². The number of aliphatic hydroxyl groups excluding tert-OH is 1. The number of sulfonamides is 1. The van der Waals surface area contributed by atoms with E-state index in [1.807, 2.05) is 0 Å². The number of carbonyl (C=O) groups is 1. The van der Waals surface area contributed by atoms with Gasteiger partial charge in [0, 0.05) is 50.4 Å². The number of hydrogen-bond donors (Lipinski definition) is 3. The lowest BCUT2D eigenvalue weighted by Gasteiger charge is -2.35. The molecule has 3 fully saturated rings. The first kappa shape index (κ1) is 28.8. The molecule has 1 aromatic carbocycles. The van der Waals surface area contributed by atoms with E-state index in [-0.39, 0.29) is 43.3 Å². The van der Waals surface area contributed by atoms with E-state index in [9.17, 15) is 27.1 Å². The zero-order valence-electron chi connectivity index (χ0n) is 23.4. The monoisotopic (exact) mass is 603 g/mol. The topological polar surface area (TPSA) is 128 Å². The van der Waals surface area contributed by atoms with Gasteiger partial charge >= 0.3 is 0 Å². The minimum atomic E-state index is -3.94. The number of hydrogen-bond acceptors (Lipinski definition) is 8. The SMILES string of the molecule is C[C@H](CO)NS(=O)(=O)c1ccc(C(=O)Nc2cc3ccoc3c(N3CCC(F)(F)CC3)n2)c(N2CCC3(CC2)CC3)c1. The number of anilines is 3. The van der Waals surface area contributed by atoms with Crippen LogP contribution in [0.15, 0.2) is 45.9 Å². The Morgan fingerprint density at radius 3 is 2.40 bits per heavy atom. The molecule has 0 unspecified atom stereocenters. The number of nitrogens with one attached hydrogen (secondary N) is 2. The first-order chi connectivity index (χ1) is 20.0. The van der Waals surface area contributed by atoms with Crippen molar-refractivity contribution in [3.05, 3.63) is 42.2 Å². The third kappa shape index (κ3) is 5.82. The summed E-state index contributed by atoms with van der Waals surface area (Å²) in [4.78, 5) is 22.1. The number of carbonyl (C=O) groups excluding carboxylic acids is 1. The molecule has 1 aliphatic carbocycles. The number of benzene rings is 1. The maximum absolute atomic E-state index is 13.8. The molecule has 42 heavy (non-hydrogen) atoms. The van der Waals surface area contributed by atoms with Gasteiger partial charge in [-0.25, -0.2) is 26.9 Å². The number of halogens is 2. The predicted molar refractivity (Wildman–Crippen MR) is 155 cm³/mol. The molecule has 2 aromatic heterocycles. The summed E-state index contributed by atoms with van der Waals surface area (Å²) < 4.78 is 61.8. The van der Waals surface area contributed by atoms with E-state index in [2.05, 4.69) is 19.9 Å². The summed E-state index contributed by atoms with van der Waals surface area (Å²) in [6.07, 6.45) is 5.25. The Balaban J connectivity index is 1.31. The number of piperidine rings is 2. The summed E-state index contributed by atoms with van der Waals surface area (Å²) in [5, 5.41) is 12.9. The van der Waals surface area contributed by atoms with E-state index in [0.29, 0.717) is 46.5 Å². The Hall–Kier alpha value is -3.29. The van der Waals surface area contributed by atoms with E-state index in [4.69, 9.17) is 4.42 Å². The molecule has 226 valence electrons. The Morgan fingerprint density at radius 1 is 1.05 bits per heavy atom. The zero-order valence-corrected chi connectivity index (χ0v) is 24.2. The summed E-state index contributed by atoms with van der Waals surface area (Å²) in [5.41, 5.74) is 1.63. The second kappa shape index (κ2) is 10.8. The van der Waals surface area contributed by atoms with Gasteiger partial charge in [0.2, 0.25) is 10.0 Å². The number of pyridine rings is 1. The lowest BCUT2D eigenvalue weighted by atomic mass is 9.93. The van der Waals surface area contributed by atoms with E-state index in [1.54, 1.807) is 24.0 Å². The van der Waals surface area contributed by atoms with Crippen LogP contribution in [-0.2, 0) is 10.0 Å². The molecule has 4 heterocycles. The van der Waals surface area contributed by atoms with Crippen molar-refractivity contribution in [2.24, 2.45) is 5.41 Å². The largest absolute Gasteiger partial charge is 0.460 e. The average Bonchev–Trinajstić information content (AvgIpc) is 3.54. The Kier molecular flexibility index (Phi) is 7.38. The van der Waals surface area contributed by atoms with Gasteiger partial charge < -0.3 is 24.6 Å². The second-order valence-electron chi connectivity index (χ2n) is 11.8. The average molecular weight is 604 g/mol. The van der Waals surface area contributed by atoms with Gasteiger partial charge in [0.05, 0.1) is 29.0 Å². The summed E-state index contributed by atoms with van der Waals surface area (Å²) in [6.45, 7) is 2.82. The van der Waals surface area contributed by atoms with Gasteiger partial charge in [-0.15, -0.1) is 0 Å². The molecule has 1 saturated carbocycles. The van der Waals surface area contributed by atoms with Crippen LogP contribution < -0.4 is 19.8 Å². The van der Waals surface area contributed by atoms with Crippen LogP contribution in [0.4, 0.5) is 26.1 Å². The molecular formula is C29H35F2N5O5S. The normalized spacial score (nSPS) is 20.6. The maximum Gasteiger partial charge on any atom is 0.258 e. The van der Waals surface area contributed by atoms with Gasteiger partial charge in [-0.2, -0.15) is 0 Å². The number of alkyl halides is 2. The highest BCUT2D eigenvalue weighted by molar-refractivity contribution is 7.89. The van der Waals surface area contributed by atoms with Crippen LogP contribution in [0.25, 0.3) is 11.0 Å².